The Labute approximate surface area is 88.2 Å². The van der Waals surface area contributed by atoms with E-state index in [1.165, 1.54) is 0 Å². The Morgan fingerprint density at radius 1 is 1.20 bits per heavy atom. The molecular formula is C8H15N5O2. The maximum atomic E-state index is 5.50. The first-order valence-electron chi connectivity index (χ1n) is 4.44. The number of ether oxygens (including phenoxy) is 2. The number of anilines is 2. The summed E-state index contributed by atoms with van der Waals surface area (Å²) in [6.45, 7) is 0.857. The van der Waals surface area contributed by atoms with Gasteiger partial charge in [0.25, 0.3) is 0 Å². The van der Waals surface area contributed by atoms with Crippen molar-refractivity contribution >= 4 is 11.9 Å². The van der Waals surface area contributed by atoms with Crippen molar-refractivity contribution in [2.24, 2.45) is 0 Å². The molecule has 0 amide bonds. The molecule has 0 aliphatic rings. The first-order chi connectivity index (χ1) is 7.13. The van der Waals surface area contributed by atoms with Crippen molar-refractivity contribution in [2.75, 3.05) is 45.1 Å². The third-order valence-electron chi connectivity index (χ3n) is 1.54. The Bertz CT molecular complexity index is 318. The minimum Gasteiger partial charge on any atom is -0.461 e. The summed E-state index contributed by atoms with van der Waals surface area (Å²) in [6, 6.07) is 0.211. The molecule has 1 rings (SSSR count). The largest absolute Gasteiger partial charge is 0.461 e. The molecular weight excluding hydrogens is 198 g/mol. The van der Waals surface area contributed by atoms with Crippen molar-refractivity contribution in [3.05, 3.63) is 0 Å². The number of aromatic nitrogens is 3. The van der Waals surface area contributed by atoms with E-state index in [0.717, 1.165) is 0 Å². The summed E-state index contributed by atoms with van der Waals surface area (Å²) in [5, 5.41) is 0. The number of nitrogens with zero attached hydrogens (tertiary/aromatic N) is 4. The lowest BCUT2D eigenvalue weighted by atomic mass is 10.7. The van der Waals surface area contributed by atoms with Crippen LogP contribution in [-0.2, 0) is 4.74 Å². The molecule has 0 aliphatic heterocycles. The second-order valence-electron chi connectivity index (χ2n) is 3.01. The van der Waals surface area contributed by atoms with Gasteiger partial charge in [-0.3, -0.25) is 0 Å². The van der Waals surface area contributed by atoms with Crippen LogP contribution in [0.2, 0.25) is 0 Å². The number of hydrogen-bond acceptors (Lipinski definition) is 7. The first kappa shape index (κ1) is 11.4. The van der Waals surface area contributed by atoms with E-state index in [1.54, 1.807) is 12.0 Å². The third-order valence-corrected chi connectivity index (χ3v) is 1.54. The molecule has 0 unspecified atom stereocenters. The highest BCUT2D eigenvalue weighted by atomic mass is 16.5. The molecule has 15 heavy (non-hydrogen) atoms. The highest BCUT2D eigenvalue weighted by Crippen LogP contribution is 2.10. The Balaban J connectivity index is 2.71. The fourth-order valence-corrected chi connectivity index (χ4v) is 0.842. The second kappa shape index (κ2) is 5.30. The Hall–Kier alpha value is -1.63. The summed E-state index contributed by atoms with van der Waals surface area (Å²) < 4.78 is 10.1. The average molecular weight is 213 g/mol. The Morgan fingerprint density at radius 2 is 1.93 bits per heavy atom. The highest BCUT2D eigenvalue weighted by Gasteiger charge is 2.06. The lowest BCUT2D eigenvalue weighted by Gasteiger charge is -2.11. The minimum atomic E-state index is 0.140. The topological polar surface area (TPSA) is 86.4 Å². The van der Waals surface area contributed by atoms with Crippen LogP contribution in [0.1, 0.15) is 0 Å². The fraction of sp³-hybridized carbons (Fsp3) is 0.625. The maximum absolute atomic E-state index is 5.50. The molecule has 1 aromatic rings. The van der Waals surface area contributed by atoms with Crippen LogP contribution in [0, 0.1) is 0 Å². The molecule has 2 N–H and O–H groups in total. The molecule has 0 saturated carbocycles. The van der Waals surface area contributed by atoms with Crippen molar-refractivity contribution < 1.29 is 9.47 Å². The molecule has 0 atom stereocenters. The van der Waals surface area contributed by atoms with Crippen LogP contribution in [0.5, 0.6) is 6.01 Å². The fourth-order valence-electron chi connectivity index (χ4n) is 0.842. The molecule has 7 heteroatoms. The summed E-state index contributed by atoms with van der Waals surface area (Å²) in [5.74, 6) is 0.607. The molecule has 1 heterocycles. The molecule has 0 fully saturated rings. The van der Waals surface area contributed by atoms with Gasteiger partial charge >= 0.3 is 6.01 Å². The molecule has 0 spiro atoms. The van der Waals surface area contributed by atoms with Crippen LogP contribution in [0.25, 0.3) is 0 Å². The van der Waals surface area contributed by atoms with Crippen LogP contribution in [-0.4, -0.2) is 49.4 Å². The lowest BCUT2D eigenvalue weighted by Crippen LogP contribution is -2.16. The van der Waals surface area contributed by atoms with Gasteiger partial charge in [-0.25, -0.2) is 0 Å². The van der Waals surface area contributed by atoms with Gasteiger partial charge in [-0.15, -0.1) is 0 Å². The van der Waals surface area contributed by atoms with Gasteiger partial charge in [0.15, 0.2) is 0 Å². The normalized spacial score (nSPS) is 10.1. The van der Waals surface area contributed by atoms with Gasteiger partial charge < -0.3 is 20.1 Å². The van der Waals surface area contributed by atoms with Gasteiger partial charge in [-0.1, -0.05) is 0 Å². The van der Waals surface area contributed by atoms with Crippen LogP contribution in [0.3, 0.4) is 0 Å². The monoisotopic (exact) mass is 213 g/mol. The third kappa shape index (κ3) is 3.55. The van der Waals surface area contributed by atoms with E-state index < -0.39 is 0 Å². The molecule has 0 bridgehead atoms. The summed E-state index contributed by atoms with van der Waals surface area (Å²) in [5.41, 5.74) is 5.50. The van der Waals surface area contributed by atoms with E-state index in [9.17, 15) is 0 Å². The number of hydrogen-bond donors (Lipinski definition) is 1. The summed E-state index contributed by atoms with van der Waals surface area (Å²) >= 11 is 0. The van der Waals surface area contributed by atoms with Crippen molar-refractivity contribution in [2.45, 2.75) is 0 Å². The molecule has 7 nitrogen and oxygen atoms in total. The number of nitrogens with two attached hydrogens (primary N) is 1. The van der Waals surface area contributed by atoms with Crippen molar-refractivity contribution in [3.63, 3.8) is 0 Å². The predicted octanol–water partition coefficient (Wildman–Crippen LogP) is -0.455. The smallest absolute Gasteiger partial charge is 0.323 e. The van der Waals surface area contributed by atoms with Crippen molar-refractivity contribution in [1.29, 1.82) is 0 Å². The SMILES string of the molecule is COCCOc1nc(N)nc(N(C)C)n1. The average Bonchev–Trinajstić information content (AvgIpc) is 2.17. The van der Waals surface area contributed by atoms with Crippen molar-refractivity contribution in [1.82, 2.24) is 15.0 Å². The van der Waals surface area contributed by atoms with E-state index in [-0.39, 0.29) is 12.0 Å². The van der Waals surface area contributed by atoms with Crippen LogP contribution in [0.15, 0.2) is 0 Å². The van der Waals surface area contributed by atoms with Crippen LogP contribution in [0.4, 0.5) is 11.9 Å². The predicted molar refractivity (Wildman–Crippen MR) is 55.9 cm³/mol. The molecule has 1 aromatic heterocycles. The minimum absolute atomic E-state index is 0.140. The zero-order valence-corrected chi connectivity index (χ0v) is 9.10. The maximum Gasteiger partial charge on any atom is 0.323 e. The molecule has 0 aliphatic carbocycles. The van der Waals surface area contributed by atoms with Gasteiger partial charge in [0.05, 0.1) is 6.61 Å². The van der Waals surface area contributed by atoms with E-state index in [1.807, 2.05) is 14.1 Å². The lowest BCUT2D eigenvalue weighted by molar-refractivity contribution is 0.141. The summed E-state index contributed by atoms with van der Waals surface area (Å²) in [4.78, 5) is 13.5. The standard InChI is InChI=1S/C8H15N5O2/c1-13(2)7-10-6(9)11-8(12-7)15-5-4-14-3/h4-5H2,1-3H3,(H2,9,10,11,12). The van der Waals surface area contributed by atoms with Gasteiger partial charge in [0, 0.05) is 21.2 Å². The van der Waals surface area contributed by atoms with Gasteiger partial charge in [0.1, 0.15) is 6.61 Å². The Morgan fingerprint density at radius 3 is 2.53 bits per heavy atom. The van der Waals surface area contributed by atoms with E-state index >= 15 is 0 Å². The zero-order valence-electron chi connectivity index (χ0n) is 9.10. The van der Waals surface area contributed by atoms with Crippen molar-refractivity contribution in [3.8, 4) is 6.01 Å². The first-order valence-corrected chi connectivity index (χ1v) is 4.44. The van der Waals surface area contributed by atoms with Crippen LogP contribution >= 0.6 is 0 Å². The molecule has 0 radical (unpaired) electrons. The second-order valence-corrected chi connectivity index (χ2v) is 3.01. The molecule has 84 valence electrons. The quantitative estimate of drug-likeness (QED) is 0.662. The van der Waals surface area contributed by atoms with Gasteiger partial charge in [0.2, 0.25) is 11.9 Å². The number of nitrogen functional groups attached to an aromatic ring is 1. The van der Waals surface area contributed by atoms with E-state index in [2.05, 4.69) is 15.0 Å². The van der Waals surface area contributed by atoms with Gasteiger partial charge in [-0.05, 0) is 0 Å². The van der Waals surface area contributed by atoms with E-state index in [4.69, 9.17) is 15.2 Å². The van der Waals surface area contributed by atoms with Crippen LogP contribution < -0.4 is 15.4 Å². The molecule has 0 saturated heterocycles. The number of rotatable bonds is 5. The summed E-state index contributed by atoms with van der Waals surface area (Å²) in [7, 11) is 5.22. The zero-order chi connectivity index (χ0) is 11.3. The summed E-state index contributed by atoms with van der Waals surface area (Å²) in [6.07, 6.45) is 0. The molecule has 0 aromatic carbocycles. The van der Waals surface area contributed by atoms with Gasteiger partial charge in [-0.2, -0.15) is 15.0 Å². The van der Waals surface area contributed by atoms with E-state index in [0.29, 0.717) is 19.2 Å². The number of methoxy groups -OCH3 is 1. The Kier molecular flexibility index (Phi) is 4.04. The highest BCUT2D eigenvalue weighted by molar-refractivity contribution is 5.33.